The first-order chi connectivity index (χ1) is 12.1. The van der Waals surface area contributed by atoms with Crippen LogP contribution in [0.25, 0.3) is 10.8 Å². The van der Waals surface area contributed by atoms with Gasteiger partial charge in [0, 0.05) is 10.9 Å². The third kappa shape index (κ3) is 3.43. The average Bonchev–Trinajstić information content (AvgIpc) is 3.08. The van der Waals surface area contributed by atoms with Gasteiger partial charge in [0.05, 0.1) is 17.7 Å². The summed E-state index contributed by atoms with van der Waals surface area (Å²) in [6.45, 7) is 2.14. The highest BCUT2D eigenvalue weighted by Gasteiger charge is 2.43. The Morgan fingerprint density at radius 2 is 2.36 bits per heavy atom. The lowest BCUT2D eigenvalue weighted by atomic mass is 10.1. The van der Waals surface area contributed by atoms with Crippen molar-refractivity contribution in [3.05, 3.63) is 51.9 Å². The third-order valence-electron chi connectivity index (χ3n) is 4.23. The molecule has 2 aromatic heterocycles. The molecule has 1 amide bonds. The van der Waals surface area contributed by atoms with Crippen LogP contribution in [0.5, 0.6) is 0 Å². The van der Waals surface area contributed by atoms with Gasteiger partial charge in [-0.2, -0.15) is 4.98 Å². The van der Waals surface area contributed by atoms with Crippen LogP contribution in [0.4, 0.5) is 0 Å². The molecule has 2 unspecified atom stereocenters. The lowest BCUT2D eigenvalue weighted by molar-refractivity contribution is -0.122. The number of thiazole rings is 1. The molecule has 8 heteroatoms. The normalized spacial score (nSPS) is 19.0. The fraction of sp³-hybridized carbons (Fsp3) is 0.294. The summed E-state index contributed by atoms with van der Waals surface area (Å²) in [5.41, 5.74) is 3.70. The summed E-state index contributed by atoms with van der Waals surface area (Å²) in [6.07, 6.45) is 0.837. The average molecular weight is 375 g/mol. The van der Waals surface area contributed by atoms with Crippen LogP contribution in [0, 0.1) is 12.8 Å². The maximum Gasteiger partial charge on any atom is 0.269 e. The monoisotopic (exact) mass is 374 g/mol. The fourth-order valence-corrected chi connectivity index (χ4v) is 3.73. The van der Waals surface area contributed by atoms with Crippen molar-refractivity contribution in [3.63, 3.8) is 0 Å². The molecule has 25 heavy (non-hydrogen) atoms. The van der Waals surface area contributed by atoms with E-state index in [0.29, 0.717) is 16.7 Å². The summed E-state index contributed by atoms with van der Waals surface area (Å²) in [6, 6.07) is 7.67. The molecule has 2 atom stereocenters. The van der Waals surface area contributed by atoms with Crippen LogP contribution >= 0.6 is 22.9 Å². The zero-order valence-electron chi connectivity index (χ0n) is 13.4. The molecule has 1 N–H and O–H groups in total. The van der Waals surface area contributed by atoms with E-state index in [-0.39, 0.29) is 24.3 Å². The molecule has 128 valence electrons. The van der Waals surface area contributed by atoms with E-state index >= 15 is 0 Å². The highest BCUT2D eigenvalue weighted by atomic mass is 35.5. The van der Waals surface area contributed by atoms with E-state index in [2.05, 4.69) is 20.4 Å². The molecule has 0 saturated heterocycles. The Labute approximate surface area is 153 Å². The van der Waals surface area contributed by atoms with Crippen molar-refractivity contribution in [1.82, 2.24) is 20.4 Å². The standard InChI is InChI=1S/C17H15ClN4O2S/c1-9-15(25-8-20-9)17-21-14(22-24-17)7-19-16(23)13-6-12(13)10-3-2-4-11(18)5-10/h2-5,8,12-13H,6-7H2,1H3,(H,19,23). The van der Waals surface area contributed by atoms with Crippen molar-refractivity contribution in [2.75, 3.05) is 0 Å². The van der Waals surface area contributed by atoms with Gasteiger partial charge in [-0.1, -0.05) is 28.9 Å². The molecule has 0 aliphatic heterocycles. The number of hydrogen-bond acceptors (Lipinski definition) is 6. The predicted octanol–water partition coefficient (Wildman–Crippen LogP) is 3.57. The van der Waals surface area contributed by atoms with Crippen LogP contribution in [0.2, 0.25) is 5.02 Å². The lowest BCUT2D eigenvalue weighted by Crippen LogP contribution is -2.25. The Bertz CT molecular complexity index is 923. The maximum absolute atomic E-state index is 12.3. The number of carbonyl (C=O) groups is 1. The molecule has 1 saturated carbocycles. The summed E-state index contributed by atoms with van der Waals surface area (Å²) >= 11 is 7.46. The zero-order valence-corrected chi connectivity index (χ0v) is 15.0. The van der Waals surface area contributed by atoms with Crippen LogP contribution in [-0.2, 0) is 11.3 Å². The summed E-state index contributed by atoms with van der Waals surface area (Å²) in [4.78, 5) is 21.6. The van der Waals surface area contributed by atoms with Gasteiger partial charge in [0.15, 0.2) is 5.82 Å². The van der Waals surface area contributed by atoms with E-state index in [0.717, 1.165) is 22.6 Å². The number of carbonyl (C=O) groups excluding carboxylic acids is 1. The molecule has 0 bridgehead atoms. The quantitative estimate of drug-likeness (QED) is 0.738. The van der Waals surface area contributed by atoms with Crippen molar-refractivity contribution < 1.29 is 9.32 Å². The van der Waals surface area contributed by atoms with Crippen molar-refractivity contribution in [3.8, 4) is 10.8 Å². The molecule has 1 aliphatic rings. The zero-order chi connectivity index (χ0) is 17.4. The van der Waals surface area contributed by atoms with Crippen molar-refractivity contribution in [2.24, 2.45) is 5.92 Å². The molecular formula is C17H15ClN4O2S. The SMILES string of the molecule is Cc1ncsc1-c1nc(CNC(=O)C2CC2c2cccc(Cl)c2)no1. The largest absolute Gasteiger partial charge is 0.348 e. The van der Waals surface area contributed by atoms with Crippen molar-refractivity contribution in [1.29, 1.82) is 0 Å². The summed E-state index contributed by atoms with van der Waals surface area (Å²) in [5, 5.41) is 7.49. The van der Waals surface area contributed by atoms with Crippen LogP contribution in [-0.4, -0.2) is 21.0 Å². The summed E-state index contributed by atoms with van der Waals surface area (Å²) in [5.74, 6) is 1.11. The second kappa shape index (κ2) is 6.57. The van der Waals surface area contributed by atoms with Crippen LogP contribution < -0.4 is 5.32 Å². The highest BCUT2D eigenvalue weighted by molar-refractivity contribution is 7.13. The Morgan fingerprint density at radius 1 is 1.48 bits per heavy atom. The van der Waals surface area contributed by atoms with Gasteiger partial charge in [0.1, 0.15) is 4.88 Å². The van der Waals surface area contributed by atoms with Gasteiger partial charge in [0.25, 0.3) is 5.89 Å². The summed E-state index contributed by atoms with van der Waals surface area (Å²) < 4.78 is 5.25. The van der Waals surface area contributed by atoms with E-state index in [9.17, 15) is 4.79 Å². The number of benzene rings is 1. The van der Waals surface area contributed by atoms with Gasteiger partial charge in [-0.25, -0.2) is 4.98 Å². The molecule has 0 radical (unpaired) electrons. The van der Waals surface area contributed by atoms with Gasteiger partial charge in [0.2, 0.25) is 5.91 Å². The predicted molar refractivity (Wildman–Crippen MR) is 94.3 cm³/mol. The first-order valence-corrected chi connectivity index (χ1v) is 9.14. The highest BCUT2D eigenvalue weighted by Crippen LogP contribution is 2.47. The number of halogens is 1. The number of nitrogens with one attached hydrogen (secondary N) is 1. The van der Waals surface area contributed by atoms with Crippen LogP contribution in [0.15, 0.2) is 34.3 Å². The number of hydrogen-bond donors (Lipinski definition) is 1. The van der Waals surface area contributed by atoms with Gasteiger partial charge >= 0.3 is 0 Å². The molecule has 6 nitrogen and oxygen atoms in total. The topological polar surface area (TPSA) is 80.9 Å². The Kier molecular flexibility index (Phi) is 4.27. The molecule has 3 aromatic rings. The van der Waals surface area contributed by atoms with Crippen molar-refractivity contribution >= 4 is 28.8 Å². The molecule has 1 fully saturated rings. The molecule has 1 aliphatic carbocycles. The molecule has 1 aromatic carbocycles. The first kappa shape index (κ1) is 16.2. The van der Waals surface area contributed by atoms with Crippen LogP contribution in [0.1, 0.15) is 29.4 Å². The molecular weight excluding hydrogens is 360 g/mol. The number of aromatic nitrogens is 3. The van der Waals surface area contributed by atoms with E-state index in [1.54, 1.807) is 5.51 Å². The minimum Gasteiger partial charge on any atom is -0.348 e. The van der Waals surface area contributed by atoms with E-state index in [4.69, 9.17) is 16.1 Å². The molecule has 4 rings (SSSR count). The van der Waals surface area contributed by atoms with Gasteiger partial charge in [-0.05, 0) is 37.0 Å². The smallest absolute Gasteiger partial charge is 0.269 e. The second-order valence-corrected chi connectivity index (χ2v) is 7.30. The number of amides is 1. The lowest BCUT2D eigenvalue weighted by Gasteiger charge is -2.03. The number of aryl methyl sites for hydroxylation is 1. The Balaban J connectivity index is 1.34. The van der Waals surface area contributed by atoms with Gasteiger partial charge < -0.3 is 9.84 Å². The number of rotatable bonds is 5. The summed E-state index contributed by atoms with van der Waals surface area (Å²) in [7, 11) is 0. The van der Waals surface area contributed by atoms with E-state index in [1.807, 2.05) is 31.2 Å². The van der Waals surface area contributed by atoms with Gasteiger partial charge in [-0.3, -0.25) is 4.79 Å². The van der Waals surface area contributed by atoms with Crippen molar-refractivity contribution in [2.45, 2.75) is 25.8 Å². The van der Waals surface area contributed by atoms with E-state index in [1.165, 1.54) is 11.3 Å². The minimum absolute atomic E-state index is 0.00490. The van der Waals surface area contributed by atoms with Gasteiger partial charge in [-0.15, -0.1) is 11.3 Å². The number of nitrogens with zero attached hydrogens (tertiary/aromatic N) is 3. The molecule has 0 spiro atoms. The third-order valence-corrected chi connectivity index (χ3v) is 5.38. The van der Waals surface area contributed by atoms with E-state index < -0.39 is 0 Å². The second-order valence-electron chi connectivity index (χ2n) is 6.00. The Hall–Kier alpha value is -2.25. The minimum atomic E-state index is -0.0198. The Morgan fingerprint density at radius 3 is 3.12 bits per heavy atom. The van der Waals surface area contributed by atoms with Crippen LogP contribution in [0.3, 0.4) is 0 Å². The fourth-order valence-electron chi connectivity index (χ4n) is 2.81. The maximum atomic E-state index is 12.3. The first-order valence-electron chi connectivity index (χ1n) is 7.88. The molecule has 2 heterocycles.